The summed E-state index contributed by atoms with van der Waals surface area (Å²) in [4.78, 5) is 10.1. The van der Waals surface area contributed by atoms with Crippen molar-refractivity contribution < 1.29 is 39.5 Å². The Morgan fingerprint density at radius 1 is 1.08 bits per heavy atom. The van der Waals surface area contributed by atoms with Crippen LogP contribution in [0.1, 0.15) is 10.4 Å². The number of hydrogen-bond acceptors (Lipinski definition) is 2. The van der Waals surface area contributed by atoms with Gasteiger partial charge in [0.1, 0.15) is 0 Å². The molecule has 5 heteroatoms. The monoisotopic (exact) mass is 216 g/mol. The number of rotatable bonds is 1. The molecule has 0 unspecified atom stereocenters. The standard InChI is InChI=1S/C7H6O2.2ClH.Na/c8-7(9)6-4-2-1-3-5-6;;;/h1-5H,(H,8,9);2*1H;/q;;;+1/p-1. The van der Waals surface area contributed by atoms with Gasteiger partial charge in [-0.05, 0) is 5.56 Å². The van der Waals surface area contributed by atoms with E-state index in [1.54, 1.807) is 18.2 Å². The third-order valence-electron chi connectivity index (χ3n) is 1.01. The second-order valence-electron chi connectivity index (χ2n) is 1.65. The minimum absolute atomic E-state index is 0. The van der Waals surface area contributed by atoms with Crippen LogP contribution in [0.5, 0.6) is 0 Å². The smallest absolute Gasteiger partial charge is 0.545 e. The van der Waals surface area contributed by atoms with E-state index in [9.17, 15) is 9.90 Å². The maximum absolute atomic E-state index is 10.1. The van der Waals surface area contributed by atoms with Crippen molar-refractivity contribution in [2.24, 2.45) is 0 Å². The number of benzene rings is 1. The van der Waals surface area contributed by atoms with Gasteiger partial charge in [-0.25, -0.2) is 0 Å². The number of carbonyl (C=O) groups is 1. The van der Waals surface area contributed by atoms with Gasteiger partial charge in [-0.1, -0.05) is 30.3 Å². The second kappa shape index (κ2) is 9.36. The maximum Gasteiger partial charge on any atom is 1.00 e. The molecule has 0 radical (unpaired) electrons. The van der Waals surface area contributed by atoms with Crippen molar-refractivity contribution in [1.82, 2.24) is 0 Å². The van der Waals surface area contributed by atoms with Gasteiger partial charge in [-0.2, -0.15) is 0 Å². The molecule has 0 heterocycles. The molecule has 62 valence electrons. The summed E-state index contributed by atoms with van der Waals surface area (Å²) in [6, 6.07) is 8.06. The Bertz CT molecular complexity index is 216. The molecule has 0 aliphatic carbocycles. The zero-order chi connectivity index (χ0) is 6.69. The molecule has 0 atom stereocenters. The molecule has 1 rings (SSSR count). The third-order valence-corrected chi connectivity index (χ3v) is 1.01. The Morgan fingerprint density at radius 2 is 1.50 bits per heavy atom. The van der Waals surface area contributed by atoms with E-state index in [0.29, 0.717) is 0 Å². The van der Waals surface area contributed by atoms with Crippen molar-refractivity contribution >= 4 is 30.8 Å². The Kier molecular flexibility index (Phi) is 14.1. The predicted octanol–water partition coefficient (Wildman–Crippen LogP) is -2.10. The van der Waals surface area contributed by atoms with Gasteiger partial charge >= 0.3 is 29.6 Å². The van der Waals surface area contributed by atoms with Crippen LogP contribution < -0.4 is 34.7 Å². The van der Waals surface area contributed by atoms with E-state index < -0.39 is 5.97 Å². The number of carboxylic acid groups (broad SMARTS) is 1. The normalized spacial score (nSPS) is 6.67. The first-order valence-electron chi connectivity index (χ1n) is 2.57. The molecule has 0 saturated carbocycles. The van der Waals surface area contributed by atoms with Crippen molar-refractivity contribution in [2.75, 3.05) is 0 Å². The van der Waals surface area contributed by atoms with Crippen LogP contribution >= 0.6 is 24.8 Å². The summed E-state index contributed by atoms with van der Waals surface area (Å²) < 4.78 is 0. The summed E-state index contributed by atoms with van der Waals surface area (Å²) in [6.07, 6.45) is 0. The molecule has 0 aliphatic rings. The number of aromatic carboxylic acids is 1. The van der Waals surface area contributed by atoms with Crippen molar-refractivity contribution in [1.29, 1.82) is 0 Å². The summed E-state index contributed by atoms with van der Waals surface area (Å²) in [6.45, 7) is 0. The minimum atomic E-state index is -1.13. The molecule has 2 nitrogen and oxygen atoms in total. The molecule has 1 aromatic rings. The van der Waals surface area contributed by atoms with Crippen LogP contribution in [0.4, 0.5) is 0 Å². The van der Waals surface area contributed by atoms with E-state index in [1.807, 2.05) is 0 Å². The first-order valence-corrected chi connectivity index (χ1v) is 2.57. The van der Waals surface area contributed by atoms with E-state index in [0.717, 1.165) is 0 Å². The van der Waals surface area contributed by atoms with Crippen molar-refractivity contribution in [3.05, 3.63) is 35.9 Å². The van der Waals surface area contributed by atoms with Crippen LogP contribution in [0.25, 0.3) is 0 Å². The molecule has 0 amide bonds. The minimum Gasteiger partial charge on any atom is -0.545 e. The van der Waals surface area contributed by atoms with Gasteiger partial charge in [0, 0.05) is 0 Å². The summed E-state index contributed by atoms with van der Waals surface area (Å²) in [7, 11) is 0. The van der Waals surface area contributed by atoms with Gasteiger partial charge in [0.15, 0.2) is 0 Å². The zero-order valence-electron chi connectivity index (χ0n) is 6.52. The molecule has 0 aliphatic heterocycles. The summed E-state index contributed by atoms with van der Waals surface area (Å²) >= 11 is 0. The first-order chi connectivity index (χ1) is 4.30. The number of halogens is 2. The van der Waals surface area contributed by atoms with Gasteiger partial charge in [0.2, 0.25) is 0 Å². The van der Waals surface area contributed by atoms with Gasteiger partial charge in [-0.15, -0.1) is 24.8 Å². The topological polar surface area (TPSA) is 40.1 Å². The Morgan fingerprint density at radius 3 is 1.75 bits per heavy atom. The molecule has 1 aromatic carbocycles. The van der Waals surface area contributed by atoms with E-state index in [4.69, 9.17) is 0 Å². The van der Waals surface area contributed by atoms with Gasteiger partial charge in [0.25, 0.3) is 0 Å². The number of carbonyl (C=O) groups excluding carboxylic acids is 1. The van der Waals surface area contributed by atoms with Gasteiger partial charge < -0.3 is 9.90 Å². The van der Waals surface area contributed by atoms with Crippen LogP contribution in [-0.2, 0) is 0 Å². The fourth-order valence-corrected chi connectivity index (χ4v) is 0.574. The zero-order valence-corrected chi connectivity index (χ0v) is 10.2. The molecule has 0 N–H and O–H groups in total. The predicted molar refractivity (Wildman–Crippen MR) is 45.3 cm³/mol. The van der Waals surface area contributed by atoms with Crippen LogP contribution in [0, 0.1) is 0 Å². The Balaban J connectivity index is -0.000000270. The van der Waals surface area contributed by atoms with Crippen molar-refractivity contribution in [3.63, 3.8) is 0 Å². The van der Waals surface area contributed by atoms with E-state index >= 15 is 0 Å². The number of hydrogen-bond donors (Lipinski definition) is 0. The molecule has 0 saturated heterocycles. The second-order valence-corrected chi connectivity index (χ2v) is 1.65. The van der Waals surface area contributed by atoms with Crippen LogP contribution in [0.15, 0.2) is 30.3 Å². The third kappa shape index (κ3) is 5.86. The van der Waals surface area contributed by atoms with Crippen molar-refractivity contribution in [3.8, 4) is 0 Å². The van der Waals surface area contributed by atoms with Crippen LogP contribution in [0.2, 0.25) is 0 Å². The summed E-state index contributed by atoms with van der Waals surface area (Å²) in [5.41, 5.74) is 0.220. The van der Waals surface area contributed by atoms with E-state index in [2.05, 4.69) is 0 Å². The maximum atomic E-state index is 10.1. The SMILES string of the molecule is Cl.Cl.O=C([O-])c1ccccc1.[Na+]. The molecule has 0 bridgehead atoms. The summed E-state index contributed by atoms with van der Waals surface area (Å²) in [5, 5.41) is 10.1. The van der Waals surface area contributed by atoms with Crippen molar-refractivity contribution in [2.45, 2.75) is 0 Å². The quantitative estimate of drug-likeness (QED) is 0.505. The average Bonchev–Trinajstić information content (AvgIpc) is 1.90. The largest absolute Gasteiger partial charge is 1.00 e. The average molecular weight is 217 g/mol. The van der Waals surface area contributed by atoms with Crippen LogP contribution in [0.3, 0.4) is 0 Å². The molecule has 0 fully saturated rings. The number of carboxylic acids is 1. The van der Waals surface area contributed by atoms with Crippen LogP contribution in [-0.4, -0.2) is 5.97 Å². The van der Waals surface area contributed by atoms with E-state index in [-0.39, 0.29) is 59.9 Å². The molecular weight excluding hydrogens is 210 g/mol. The molecule has 12 heavy (non-hydrogen) atoms. The fraction of sp³-hybridized carbons (Fsp3) is 0. The first kappa shape index (κ1) is 18.1. The Hall–Kier alpha value is 0.270. The Labute approximate surface area is 105 Å². The molecule has 0 spiro atoms. The fourth-order valence-electron chi connectivity index (χ4n) is 0.574. The van der Waals surface area contributed by atoms with Gasteiger partial charge in [0.05, 0.1) is 5.97 Å². The van der Waals surface area contributed by atoms with Gasteiger partial charge in [-0.3, -0.25) is 0 Å². The molecule has 0 aromatic heterocycles. The molecular formula is C7H7Cl2NaO2. The summed E-state index contributed by atoms with van der Waals surface area (Å²) in [5.74, 6) is -1.13. The van der Waals surface area contributed by atoms with E-state index in [1.165, 1.54) is 12.1 Å².